The molecule has 0 radical (unpaired) electrons. The molecule has 0 heterocycles. The smallest absolute Gasteiger partial charge is 0.406 e. The summed E-state index contributed by atoms with van der Waals surface area (Å²) < 4.78 is 104. The van der Waals surface area contributed by atoms with Crippen LogP contribution in [0.25, 0.3) is 11.1 Å². The van der Waals surface area contributed by atoms with Gasteiger partial charge < -0.3 is 4.74 Å². The number of ether oxygens (including phenoxy) is 1. The Kier molecular flexibility index (Phi) is 4.23. The lowest BCUT2D eigenvalue weighted by Gasteiger charge is -2.12. The van der Waals surface area contributed by atoms with E-state index in [0.717, 1.165) is 24.3 Å². The van der Waals surface area contributed by atoms with Gasteiger partial charge in [-0.1, -0.05) is 12.1 Å². The summed E-state index contributed by atoms with van der Waals surface area (Å²) in [5.74, 6) is -4.21. The molecular weight excluding hydrogens is 336 g/mol. The second-order valence-corrected chi connectivity index (χ2v) is 4.38. The van der Waals surface area contributed by atoms with Crippen molar-refractivity contribution in [1.29, 1.82) is 0 Å². The molecule has 23 heavy (non-hydrogen) atoms. The molecule has 2 aromatic carbocycles. The normalized spacial score (nSPS) is 12.3. The van der Waals surface area contributed by atoms with Crippen molar-refractivity contribution in [1.82, 2.24) is 0 Å². The Morgan fingerprint density at radius 3 is 1.57 bits per heavy atom. The number of rotatable bonds is 2. The van der Waals surface area contributed by atoms with E-state index in [1.165, 1.54) is 0 Å². The summed E-state index contributed by atoms with van der Waals surface area (Å²) in [5, 5.41) is 0. The molecule has 0 aliphatic heterocycles. The first-order valence-electron chi connectivity index (χ1n) is 5.90. The maximum Gasteiger partial charge on any atom is 0.573 e. The highest BCUT2D eigenvalue weighted by Gasteiger charge is 2.38. The fraction of sp³-hybridized carbons (Fsp3) is 0.143. The molecule has 0 saturated carbocycles. The first-order valence-corrected chi connectivity index (χ1v) is 5.90. The number of benzene rings is 2. The monoisotopic (exact) mass is 342 g/mol. The van der Waals surface area contributed by atoms with Gasteiger partial charge >= 0.3 is 12.5 Å². The highest BCUT2D eigenvalue weighted by molar-refractivity contribution is 5.65. The molecule has 0 amide bonds. The van der Waals surface area contributed by atoms with E-state index in [2.05, 4.69) is 4.74 Å². The number of hydrogen-bond acceptors (Lipinski definition) is 1. The maximum absolute atomic E-state index is 13.5. The van der Waals surface area contributed by atoms with Crippen LogP contribution >= 0.6 is 0 Å². The Hall–Kier alpha value is -2.32. The van der Waals surface area contributed by atoms with Gasteiger partial charge in [0.05, 0.1) is 0 Å². The first-order chi connectivity index (χ1) is 10.5. The minimum absolute atomic E-state index is 0.0195. The van der Waals surface area contributed by atoms with Gasteiger partial charge in [0, 0.05) is 0 Å². The van der Waals surface area contributed by atoms with E-state index in [1.807, 2.05) is 0 Å². The van der Waals surface area contributed by atoms with Crippen molar-refractivity contribution in [2.45, 2.75) is 12.5 Å². The summed E-state index contributed by atoms with van der Waals surface area (Å²) in [6.07, 6.45) is -10.1. The lowest BCUT2D eigenvalue weighted by molar-refractivity contribution is -0.274. The molecule has 0 atom stereocenters. The molecule has 0 bridgehead atoms. The molecule has 2 rings (SSSR count). The van der Waals surface area contributed by atoms with E-state index >= 15 is 0 Å². The van der Waals surface area contributed by atoms with Crippen LogP contribution in [0.5, 0.6) is 5.75 Å². The standard InChI is InChI=1S/C14H6F8O/c15-10-5-8(6-11(16)12(10)13(17,18)19)7-1-3-9(4-2-7)23-14(20,21)22/h1-6H. The third kappa shape index (κ3) is 4.11. The van der Waals surface area contributed by atoms with Crippen LogP contribution in [0.15, 0.2) is 36.4 Å². The zero-order valence-electron chi connectivity index (χ0n) is 10.9. The number of hydrogen-bond donors (Lipinski definition) is 0. The van der Waals surface area contributed by atoms with E-state index in [-0.39, 0.29) is 11.1 Å². The number of alkyl halides is 6. The van der Waals surface area contributed by atoms with Gasteiger partial charge in [0.2, 0.25) is 0 Å². The van der Waals surface area contributed by atoms with E-state index in [0.29, 0.717) is 12.1 Å². The van der Waals surface area contributed by atoms with Crippen LogP contribution in [-0.4, -0.2) is 6.36 Å². The van der Waals surface area contributed by atoms with Crippen molar-refractivity contribution in [3.05, 3.63) is 53.6 Å². The Bertz CT molecular complexity index is 677. The molecule has 0 saturated heterocycles. The maximum atomic E-state index is 13.5. The summed E-state index contributed by atoms with van der Waals surface area (Å²) in [7, 11) is 0. The Balaban J connectivity index is 2.36. The molecule has 0 aromatic heterocycles. The topological polar surface area (TPSA) is 9.23 Å². The fourth-order valence-corrected chi connectivity index (χ4v) is 1.86. The van der Waals surface area contributed by atoms with E-state index < -0.39 is 35.5 Å². The third-order valence-corrected chi connectivity index (χ3v) is 2.75. The third-order valence-electron chi connectivity index (χ3n) is 2.75. The molecule has 9 heteroatoms. The van der Waals surface area contributed by atoms with Gasteiger partial charge in [-0.2, -0.15) is 13.2 Å². The van der Waals surface area contributed by atoms with Crippen molar-refractivity contribution in [2.75, 3.05) is 0 Å². The van der Waals surface area contributed by atoms with Gasteiger partial charge in [0.25, 0.3) is 0 Å². The summed E-state index contributed by atoms with van der Waals surface area (Å²) in [6.45, 7) is 0. The van der Waals surface area contributed by atoms with Gasteiger partial charge in [-0.05, 0) is 35.4 Å². The Morgan fingerprint density at radius 1 is 0.696 bits per heavy atom. The average molecular weight is 342 g/mol. The van der Waals surface area contributed by atoms with Crippen molar-refractivity contribution in [3.63, 3.8) is 0 Å². The first kappa shape index (κ1) is 17.0. The zero-order chi connectivity index (χ0) is 17.4. The van der Waals surface area contributed by atoms with Crippen molar-refractivity contribution in [3.8, 4) is 16.9 Å². The Labute approximate surface area is 124 Å². The van der Waals surface area contributed by atoms with Crippen molar-refractivity contribution >= 4 is 0 Å². The molecule has 0 spiro atoms. The van der Waals surface area contributed by atoms with Crippen LogP contribution in [0, 0.1) is 11.6 Å². The van der Waals surface area contributed by atoms with Gasteiger partial charge in [-0.15, -0.1) is 13.2 Å². The van der Waals surface area contributed by atoms with Crippen molar-refractivity contribution < 1.29 is 39.9 Å². The minimum Gasteiger partial charge on any atom is -0.406 e. The van der Waals surface area contributed by atoms with Crippen LogP contribution in [0.2, 0.25) is 0 Å². The summed E-state index contributed by atoms with van der Waals surface area (Å²) in [6, 6.07) is 4.70. The Morgan fingerprint density at radius 2 is 1.17 bits per heavy atom. The van der Waals surface area contributed by atoms with Crippen LogP contribution in [0.4, 0.5) is 35.1 Å². The molecule has 2 aromatic rings. The van der Waals surface area contributed by atoms with Gasteiger partial charge in [0.1, 0.15) is 22.9 Å². The molecule has 0 N–H and O–H groups in total. The zero-order valence-corrected chi connectivity index (χ0v) is 10.9. The molecule has 0 aliphatic rings. The van der Waals surface area contributed by atoms with Crippen LogP contribution in [0.3, 0.4) is 0 Å². The molecular formula is C14H6F8O. The van der Waals surface area contributed by atoms with Gasteiger partial charge in [-0.25, -0.2) is 8.78 Å². The largest absolute Gasteiger partial charge is 0.573 e. The highest BCUT2D eigenvalue weighted by Crippen LogP contribution is 2.36. The predicted octanol–water partition coefficient (Wildman–Crippen LogP) is 5.55. The minimum atomic E-state index is -5.20. The van der Waals surface area contributed by atoms with Crippen LogP contribution < -0.4 is 4.74 Å². The average Bonchev–Trinajstić information content (AvgIpc) is 2.34. The summed E-state index contributed by atoms with van der Waals surface area (Å²) in [4.78, 5) is 0. The van der Waals surface area contributed by atoms with E-state index in [4.69, 9.17) is 0 Å². The second kappa shape index (κ2) is 5.71. The quantitative estimate of drug-likeness (QED) is 0.650. The fourth-order valence-electron chi connectivity index (χ4n) is 1.86. The predicted molar refractivity (Wildman–Crippen MR) is 63.5 cm³/mol. The molecule has 0 fully saturated rings. The molecule has 0 unspecified atom stereocenters. The van der Waals surface area contributed by atoms with Crippen molar-refractivity contribution in [2.24, 2.45) is 0 Å². The van der Waals surface area contributed by atoms with E-state index in [1.54, 1.807) is 0 Å². The summed E-state index contributed by atoms with van der Waals surface area (Å²) >= 11 is 0. The number of halogens is 8. The molecule has 124 valence electrons. The second-order valence-electron chi connectivity index (χ2n) is 4.38. The summed E-state index contributed by atoms with van der Waals surface area (Å²) in [5.41, 5.74) is -2.27. The molecule has 1 nitrogen and oxygen atoms in total. The van der Waals surface area contributed by atoms with Crippen LogP contribution in [-0.2, 0) is 6.18 Å². The molecule has 0 aliphatic carbocycles. The van der Waals surface area contributed by atoms with Crippen LogP contribution in [0.1, 0.15) is 5.56 Å². The SMILES string of the molecule is Fc1cc(-c2ccc(OC(F)(F)F)cc2)cc(F)c1C(F)(F)F. The lowest BCUT2D eigenvalue weighted by Crippen LogP contribution is -2.16. The van der Waals surface area contributed by atoms with Gasteiger partial charge in [-0.3, -0.25) is 0 Å². The lowest BCUT2D eigenvalue weighted by atomic mass is 10.0. The van der Waals surface area contributed by atoms with E-state index in [9.17, 15) is 35.1 Å². The highest BCUT2D eigenvalue weighted by atomic mass is 19.4. The van der Waals surface area contributed by atoms with Gasteiger partial charge in [0.15, 0.2) is 0 Å².